The average molecular weight is 520 g/mol. The number of fused-ring (bicyclic) bond motifs is 5. The fourth-order valence-electron chi connectivity index (χ4n) is 8.94. The highest BCUT2D eigenvalue weighted by molar-refractivity contribution is 5.84. The lowest BCUT2D eigenvalue weighted by atomic mass is 9.73. The van der Waals surface area contributed by atoms with Crippen LogP contribution in [0.15, 0.2) is 29.1 Å². The molecule has 0 amide bonds. The largest absolute Gasteiger partial charge is 0.480 e. The number of hydrogen-bond donors (Lipinski definition) is 2. The summed E-state index contributed by atoms with van der Waals surface area (Å²) >= 11 is 0. The molecule has 3 saturated heterocycles. The molecule has 7 rings (SSSR count). The summed E-state index contributed by atoms with van der Waals surface area (Å²) in [6.45, 7) is 0.216. The molecule has 8 nitrogen and oxygen atoms in total. The summed E-state index contributed by atoms with van der Waals surface area (Å²) in [4.78, 5) is 35.0. The third-order valence-electron chi connectivity index (χ3n) is 10.6. The number of piperidine rings is 2. The molecule has 2 aromatic rings. The van der Waals surface area contributed by atoms with Gasteiger partial charge in [-0.2, -0.15) is 0 Å². The lowest BCUT2D eigenvalue weighted by Gasteiger charge is -2.54. The average Bonchev–Trinajstić information content (AvgIpc) is 3.05. The van der Waals surface area contributed by atoms with Crippen molar-refractivity contribution in [3.63, 3.8) is 0 Å². The van der Waals surface area contributed by atoms with Crippen molar-refractivity contribution < 1.29 is 9.90 Å². The minimum atomic E-state index is -1.32. The molecule has 2 saturated carbocycles. The van der Waals surface area contributed by atoms with E-state index >= 15 is 0 Å². The van der Waals surface area contributed by atoms with Crippen molar-refractivity contribution >= 4 is 22.8 Å². The van der Waals surface area contributed by atoms with Crippen molar-refractivity contribution in [3.8, 4) is 0 Å². The van der Waals surface area contributed by atoms with E-state index in [2.05, 4.69) is 4.90 Å². The van der Waals surface area contributed by atoms with Crippen LogP contribution in [0.4, 0.5) is 5.82 Å². The fraction of sp³-hybridized carbons (Fsp3) is 0.700. The van der Waals surface area contributed by atoms with Gasteiger partial charge >= 0.3 is 5.97 Å². The highest BCUT2D eigenvalue weighted by atomic mass is 16.4. The first-order chi connectivity index (χ1) is 18.4. The zero-order valence-electron chi connectivity index (χ0n) is 22.3. The maximum Gasteiger partial charge on any atom is 0.327 e. The molecule has 4 heterocycles. The minimum Gasteiger partial charge on any atom is -0.480 e. The molecule has 3 aliphatic heterocycles. The number of para-hydroxylation sites is 2. The van der Waals surface area contributed by atoms with Crippen LogP contribution in [0.5, 0.6) is 0 Å². The highest BCUT2D eigenvalue weighted by Gasteiger charge is 2.49. The minimum absolute atomic E-state index is 0.101. The van der Waals surface area contributed by atoms with Crippen LogP contribution in [0.3, 0.4) is 0 Å². The molecule has 1 aromatic carbocycles. The van der Waals surface area contributed by atoms with Crippen molar-refractivity contribution in [3.05, 3.63) is 34.6 Å². The number of rotatable bonds is 4. The van der Waals surface area contributed by atoms with Gasteiger partial charge in [0.05, 0.1) is 24.1 Å². The Balaban J connectivity index is 1.20. The van der Waals surface area contributed by atoms with Gasteiger partial charge in [0, 0.05) is 24.2 Å². The predicted octanol–water partition coefficient (Wildman–Crippen LogP) is 3.92. The normalized spacial score (nSPS) is 34.9. The van der Waals surface area contributed by atoms with E-state index in [1.165, 1.54) is 64.2 Å². The number of aliphatic carboxylic acids is 1. The molecule has 2 unspecified atom stereocenters. The van der Waals surface area contributed by atoms with Gasteiger partial charge in [0.2, 0.25) is 0 Å². The number of carboxylic acids is 1. The van der Waals surface area contributed by atoms with Crippen LogP contribution in [-0.2, 0) is 4.79 Å². The first-order valence-electron chi connectivity index (χ1n) is 15.0. The smallest absolute Gasteiger partial charge is 0.327 e. The van der Waals surface area contributed by atoms with Crippen LogP contribution in [-0.4, -0.2) is 62.3 Å². The lowest BCUT2D eigenvalue weighted by Crippen LogP contribution is -2.72. The molecule has 2 aliphatic carbocycles. The molecule has 3 N–H and O–H groups in total. The van der Waals surface area contributed by atoms with Gasteiger partial charge in [-0.15, -0.1) is 0 Å². The second kappa shape index (κ2) is 9.33. The summed E-state index contributed by atoms with van der Waals surface area (Å²) in [5.41, 5.74) is 6.29. The van der Waals surface area contributed by atoms with Crippen LogP contribution >= 0.6 is 0 Å². The van der Waals surface area contributed by atoms with E-state index < -0.39 is 11.5 Å². The van der Waals surface area contributed by atoms with Crippen LogP contribution in [0.25, 0.3) is 11.0 Å². The van der Waals surface area contributed by atoms with E-state index in [-0.39, 0.29) is 24.7 Å². The number of benzene rings is 1. The Morgan fingerprint density at radius 1 is 0.868 bits per heavy atom. The first-order valence-corrected chi connectivity index (χ1v) is 15.0. The van der Waals surface area contributed by atoms with Gasteiger partial charge in [-0.1, -0.05) is 44.2 Å². The Bertz CT molecular complexity index is 1260. The standard InChI is InChI=1S/C30H41N5O3/c31-30(29(37)38)17-33(18-30)27-28(36)35(26-11-4-3-10-25(26)32-27)24-15-21-8-5-9-22(16-24)34(21)23-13-19-6-1-2-7-20(12-19)14-23/h3-4,10-11,19-24H,1-2,5-9,12-18,31H2,(H,37,38)/t19-,20+,21-,22+,23?,24?. The quantitative estimate of drug-likeness (QED) is 0.631. The van der Waals surface area contributed by atoms with Gasteiger partial charge in [-0.3, -0.25) is 14.5 Å². The number of carbonyl (C=O) groups is 1. The second-order valence-corrected chi connectivity index (χ2v) is 13.1. The lowest BCUT2D eigenvalue weighted by molar-refractivity contribution is -0.144. The number of carboxylic acid groups (broad SMARTS) is 1. The summed E-state index contributed by atoms with van der Waals surface area (Å²) in [6, 6.07) is 9.83. The van der Waals surface area contributed by atoms with E-state index in [1.54, 1.807) is 4.90 Å². The van der Waals surface area contributed by atoms with E-state index in [1.807, 2.05) is 28.8 Å². The summed E-state index contributed by atoms with van der Waals surface area (Å²) in [5.74, 6) is 1.13. The van der Waals surface area contributed by atoms with Crippen molar-refractivity contribution in [2.24, 2.45) is 17.6 Å². The molecule has 0 radical (unpaired) electrons. The summed E-state index contributed by atoms with van der Waals surface area (Å²) in [5, 5.41) is 9.49. The SMILES string of the molecule is NC1(C(=O)O)CN(c2nc3ccccc3n(C3C[C@H]4CCC[C@@H](C3)N4C3C[C@H]4CCCC[C@@H](C3)C4)c2=O)C1. The van der Waals surface area contributed by atoms with E-state index in [0.717, 1.165) is 35.7 Å². The van der Waals surface area contributed by atoms with Gasteiger partial charge in [-0.25, -0.2) is 4.98 Å². The first kappa shape index (κ1) is 24.6. The molecule has 38 heavy (non-hydrogen) atoms. The van der Waals surface area contributed by atoms with Crippen LogP contribution in [0, 0.1) is 11.8 Å². The zero-order chi connectivity index (χ0) is 26.0. The molecule has 5 fully saturated rings. The van der Waals surface area contributed by atoms with E-state index in [9.17, 15) is 14.7 Å². The molecule has 6 atom stereocenters. The predicted molar refractivity (Wildman–Crippen MR) is 147 cm³/mol. The monoisotopic (exact) mass is 519 g/mol. The number of anilines is 1. The Morgan fingerprint density at radius 2 is 1.53 bits per heavy atom. The van der Waals surface area contributed by atoms with Crippen molar-refractivity contribution in [2.45, 2.75) is 107 Å². The summed E-state index contributed by atoms with van der Waals surface area (Å²) in [6.07, 6.45) is 15.6. The Hall–Kier alpha value is -2.45. The van der Waals surface area contributed by atoms with Crippen LogP contribution in [0.2, 0.25) is 0 Å². The van der Waals surface area contributed by atoms with Crippen molar-refractivity contribution in [1.29, 1.82) is 0 Å². The second-order valence-electron chi connectivity index (χ2n) is 13.1. The topological polar surface area (TPSA) is 105 Å². The number of aromatic nitrogens is 2. The maximum absolute atomic E-state index is 14.0. The van der Waals surface area contributed by atoms with Crippen LogP contribution in [0.1, 0.15) is 83.1 Å². The maximum atomic E-state index is 14.0. The fourth-order valence-corrected chi connectivity index (χ4v) is 8.94. The highest BCUT2D eigenvalue weighted by Crippen LogP contribution is 2.47. The molecule has 1 aromatic heterocycles. The van der Waals surface area contributed by atoms with Gasteiger partial charge in [0.15, 0.2) is 5.82 Å². The molecule has 4 bridgehead atoms. The van der Waals surface area contributed by atoms with Gasteiger partial charge in [0.25, 0.3) is 5.56 Å². The van der Waals surface area contributed by atoms with E-state index in [0.29, 0.717) is 23.9 Å². The number of nitrogens with two attached hydrogens (primary N) is 1. The Kier molecular flexibility index (Phi) is 6.04. The number of nitrogens with zero attached hydrogens (tertiary/aromatic N) is 4. The molecular weight excluding hydrogens is 478 g/mol. The Labute approximate surface area is 224 Å². The third kappa shape index (κ3) is 4.06. The molecule has 5 aliphatic rings. The molecule has 8 heteroatoms. The zero-order valence-corrected chi connectivity index (χ0v) is 22.3. The Morgan fingerprint density at radius 3 is 2.18 bits per heavy atom. The van der Waals surface area contributed by atoms with Gasteiger partial charge in [0.1, 0.15) is 5.54 Å². The van der Waals surface area contributed by atoms with Crippen molar-refractivity contribution in [2.75, 3.05) is 18.0 Å². The summed E-state index contributed by atoms with van der Waals surface area (Å²) < 4.78 is 2.01. The van der Waals surface area contributed by atoms with Gasteiger partial charge < -0.3 is 20.3 Å². The summed E-state index contributed by atoms with van der Waals surface area (Å²) in [7, 11) is 0. The van der Waals surface area contributed by atoms with Crippen molar-refractivity contribution in [1.82, 2.24) is 14.5 Å². The van der Waals surface area contributed by atoms with E-state index in [4.69, 9.17) is 10.7 Å². The third-order valence-corrected chi connectivity index (χ3v) is 10.6. The number of hydrogen-bond acceptors (Lipinski definition) is 6. The molecule has 0 spiro atoms. The van der Waals surface area contributed by atoms with Gasteiger partial charge in [-0.05, 0) is 68.9 Å². The molecular formula is C30H41N5O3. The molecule has 204 valence electrons. The van der Waals surface area contributed by atoms with Crippen LogP contribution < -0.4 is 16.2 Å².